The van der Waals surface area contributed by atoms with E-state index in [4.69, 9.17) is 10.3 Å². The Morgan fingerprint density at radius 3 is 3.00 bits per heavy atom. The maximum absolute atomic E-state index is 8.21. The Morgan fingerprint density at radius 2 is 2.36 bits per heavy atom. The van der Waals surface area contributed by atoms with E-state index in [0.717, 1.165) is 11.3 Å². The molecule has 0 bridgehead atoms. The summed E-state index contributed by atoms with van der Waals surface area (Å²) in [7, 11) is 1.59. The normalized spacial score (nSPS) is 8.45. The molecule has 0 atom stereocenters. The standard InChI is InChI=1S/C8H8N2O/c1-11-8-4-2-3-7(5-8)6-10-9/h2-6H,1H3. The van der Waals surface area contributed by atoms with Crippen LogP contribution in [0.5, 0.6) is 5.75 Å². The third kappa shape index (κ3) is 1.92. The van der Waals surface area contributed by atoms with Crippen molar-refractivity contribution in [2.24, 2.45) is 0 Å². The van der Waals surface area contributed by atoms with E-state index in [1.165, 1.54) is 6.21 Å². The molecule has 0 unspecified atom stereocenters. The average Bonchev–Trinajstić information content (AvgIpc) is 2.06. The van der Waals surface area contributed by atoms with Gasteiger partial charge in [-0.25, -0.2) is 0 Å². The molecule has 0 saturated carbocycles. The molecule has 0 radical (unpaired) electrons. The van der Waals surface area contributed by atoms with E-state index in [1.807, 2.05) is 18.2 Å². The summed E-state index contributed by atoms with van der Waals surface area (Å²) < 4.78 is 4.96. The zero-order chi connectivity index (χ0) is 8.10. The van der Waals surface area contributed by atoms with Crippen LogP contribution in [0.1, 0.15) is 5.56 Å². The zero-order valence-corrected chi connectivity index (χ0v) is 6.19. The second-order valence-electron chi connectivity index (χ2n) is 2.02. The fraction of sp³-hybridized carbons (Fsp3) is 0.125. The molecule has 0 aliphatic carbocycles. The first-order chi connectivity index (χ1) is 5.36. The van der Waals surface area contributed by atoms with E-state index < -0.39 is 0 Å². The van der Waals surface area contributed by atoms with E-state index in [2.05, 4.69) is 4.79 Å². The van der Waals surface area contributed by atoms with Gasteiger partial charge in [0.2, 0.25) is 0 Å². The van der Waals surface area contributed by atoms with Gasteiger partial charge in [0.15, 0.2) is 0 Å². The highest BCUT2D eigenvalue weighted by molar-refractivity contribution is 5.75. The van der Waals surface area contributed by atoms with E-state index in [1.54, 1.807) is 13.2 Å². The molecule has 1 rings (SSSR count). The first kappa shape index (κ1) is 7.51. The summed E-state index contributed by atoms with van der Waals surface area (Å²) in [5, 5.41) is 0. The van der Waals surface area contributed by atoms with Gasteiger partial charge in [0.1, 0.15) is 5.75 Å². The van der Waals surface area contributed by atoms with Crippen LogP contribution in [0, 0.1) is 0 Å². The van der Waals surface area contributed by atoms with Crippen molar-refractivity contribution < 1.29 is 9.53 Å². The van der Waals surface area contributed by atoms with Gasteiger partial charge in [0.25, 0.3) is 6.21 Å². The van der Waals surface area contributed by atoms with Crippen molar-refractivity contribution in [1.29, 1.82) is 0 Å². The van der Waals surface area contributed by atoms with Crippen LogP contribution in [0.2, 0.25) is 0 Å². The lowest BCUT2D eigenvalue weighted by atomic mass is 10.2. The van der Waals surface area contributed by atoms with Crippen LogP contribution in [0.3, 0.4) is 0 Å². The summed E-state index contributed by atoms with van der Waals surface area (Å²) in [5.41, 5.74) is 9.02. The first-order valence-corrected chi connectivity index (χ1v) is 3.18. The number of hydrogen-bond acceptors (Lipinski definition) is 1. The maximum atomic E-state index is 8.21. The molecule has 0 aliphatic heterocycles. The van der Waals surface area contributed by atoms with Crippen molar-refractivity contribution in [3.8, 4) is 5.75 Å². The topological polar surface area (TPSA) is 45.6 Å². The largest absolute Gasteiger partial charge is 0.497 e. The number of hydrogen-bond donors (Lipinski definition) is 0. The fourth-order valence-electron chi connectivity index (χ4n) is 0.788. The van der Waals surface area contributed by atoms with Crippen LogP contribution < -0.4 is 4.74 Å². The molecule has 1 aromatic carbocycles. The minimum absolute atomic E-state index is 0.752. The molecule has 3 nitrogen and oxygen atoms in total. The minimum atomic E-state index is 0.752. The third-order valence-corrected chi connectivity index (χ3v) is 1.30. The third-order valence-electron chi connectivity index (χ3n) is 1.30. The Kier molecular flexibility index (Phi) is 2.42. The molecule has 56 valence electrons. The highest BCUT2D eigenvalue weighted by Crippen LogP contribution is 2.09. The van der Waals surface area contributed by atoms with Crippen LogP contribution in [-0.2, 0) is 0 Å². The van der Waals surface area contributed by atoms with E-state index >= 15 is 0 Å². The van der Waals surface area contributed by atoms with Crippen LogP contribution >= 0.6 is 0 Å². The highest BCUT2D eigenvalue weighted by Gasteiger charge is 1.93. The molecule has 0 fully saturated rings. The maximum Gasteiger partial charge on any atom is 0.287 e. The van der Waals surface area contributed by atoms with Gasteiger partial charge in [0, 0.05) is 0 Å². The molecular weight excluding hydrogens is 140 g/mol. The number of benzene rings is 1. The number of nitrogens with zero attached hydrogens (tertiary/aromatic N) is 2. The second-order valence-corrected chi connectivity index (χ2v) is 2.02. The van der Waals surface area contributed by atoms with E-state index in [9.17, 15) is 0 Å². The molecule has 0 saturated heterocycles. The predicted octanol–water partition coefficient (Wildman–Crippen LogP) is 1.34. The van der Waals surface area contributed by atoms with Crippen molar-refractivity contribution in [1.82, 2.24) is 0 Å². The predicted molar refractivity (Wildman–Crippen MR) is 41.8 cm³/mol. The molecule has 0 spiro atoms. The summed E-state index contributed by atoms with van der Waals surface area (Å²) >= 11 is 0. The van der Waals surface area contributed by atoms with Crippen molar-refractivity contribution in [2.45, 2.75) is 0 Å². The Balaban J connectivity index is 3.00. The SMILES string of the molecule is COc1cccc(C=[N+]=[N-])c1. The highest BCUT2D eigenvalue weighted by atomic mass is 16.5. The van der Waals surface area contributed by atoms with Gasteiger partial charge < -0.3 is 10.3 Å². The van der Waals surface area contributed by atoms with Crippen molar-refractivity contribution in [3.05, 3.63) is 35.4 Å². The summed E-state index contributed by atoms with van der Waals surface area (Å²) in [5.74, 6) is 0.752. The zero-order valence-electron chi connectivity index (χ0n) is 6.19. The molecule has 3 heteroatoms. The van der Waals surface area contributed by atoms with Gasteiger partial charge in [-0.3, -0.25) is 0 Å². The average molecular weight is 148 g/mol. The molecule has 0 amide bonds. The van der Waals surface area contributed by atoms with Crippen LogP contribution in [0.4, 0.5) is 0 Å². The van der Waals surface area contributed by atoms with Gasteiger partial charge >= 0.3 is 0 Å². The van der Waals surface area contributed by atoms with Gasteiger partial charge in [-0.1, -0.05) is 6.07 Å². The Hall–Kier alpha value is -1.60. The van der Waals surface area contributed by atoms with Crippen LogP contribution in [-0.4, -0.2) is 18.1 Å². The lowest BCUT2D eigenvalue weighted by Gasteiger charge is -1.96. The molecule has 0 heterocycles. The van der Waals surface area contributed by atoms with E-state index in [0.29, 0.717) is 0 Å². The molecule has 11 heavy (non-hydrogen) atoms. The molecule has 0 aliphatic rings. The smallest absolute Gasteiger partial charge is 0.287 e. The lowest BCUT2D eigenvalue weighted by molar-refractivity contribution is 0.00455. The van der Waals surface area contributed by atoms with E-state index in [-0.39, 0.29) is 0 Å². The minimum Gasteiger partial charge on any atom is -0.497 e. The van der Waals surface area contributed by atoms with Crippen LogP contribution in [0.25, 0.3) is 5.53 Å². The summed E-state index contributed by atoms with van der Waals surface area (Å²) in [6, 6.07) is 7.26. The molecular formula is C8H8N2O. The van der Waals surface area contributed by atoms with Gasteiger partial charge in [0.05, 0.1) is 12.7 Å². The summed E-state index contributed by atoms with van der Waals surface area (Å²) in [6.07, 6.45) is 1.35. The number of methoxy groups -OCH3 is 1. The van der Waals surface area contributed by atoms with Crippen molar-refractivity contribution in [3.63, 3.8) is 0 Å². The van der Waals surface area contributed by atoms with Gasteiger partial charge in [-0.05, 0) is 18.2 Å². The molecule has 0 aromatic heterocycles. The van der Waals surface area contributed by atoms with Crippen LogP contribution in [0.15, 0.2) is 24.3 Å². The Labute approximate surface area is 64.9 Å². The monoisotopic (exact) mass is 148 g/mol. The Morgan fingerprint density at radius 1 is 1.55 bits per heavy atom. The second kappa shape index (κ2) is 3.54. The Bertz CT molecular complexity index is 290. The van der Waals surface area contributed by atoms with Gasteiger partial charge in [-0.2, -0.15) is 4.79 Å². The lowest BCUT2D eigenvalue weighted by Crippen LogP contribution is -1.85. The van der Waals surface area contributed by atoms with Crippen molar-refractivity contribution >= 4 is 6.21 Å². The summed E-state index contributed by atoms with van der Waals surface area (Å²) in [6.45, 7) is 0. The van der Waals surface area contributed by atoms with Gasteiger partial charge in [-0.15, -0.1) is 0 Å². The quantitative estimate of drug-likeness (QED) is 0.354. The fourth-order valence-corrected chi connectivity index (χ4v) is 0.788. The summed E-state index contributed by atoms with van der Waals surface area (Å²) in [4.78, 5) is 2.90. The number of ether oxygens (including phenoxy) is 1. The number of rotatable bonds is 2. The van der Waals surface area contributed by atoms with Crippen molar-refractivity contribution in [2.75, 3.05) is 7.11 Å². The molecule has 1 aromatic rings. The first-order valence-electron chi connectivity index (χ1n) is 3.18. The molecule has 0 N–H and O–H groups in total.